The maximum Gasteiger partial charge on any atom is 0.287 e. The van der Waals surface area contributed by atoms with E-state index in [2.05, 4.69) is 15.5 Å². The number of nitrogens with zero attached hydrogens (tertiary/aromatic N) is 4. The van der Waals surface area contributed by atoms with Crippen LogP contribution in [0.25, 0.3) is 0 Å². The molecular formula is C25H26F4N4O3. The molecule has 6 rings (SSSR count). The number of hydrogen-bond acceptors (Lipinski definition) is 6. The van der Waals surface area contributed by atoms with Crippen molar-refractivity contribution in [2.75, 3.05) is 20.3 Å². The molecule has 3 saturated carbocycles. The third kappa shape index (κ3) is 3.76. The van der Waals surface area contributed by atoms with E-state index in [1.165, 1.54) is 0 Å². The molecule has 3 aliphatic carbocycles. The molecule has 2 aromatic carbocycles. The molecule has 3 aliphatic rings. The summed E-state index contributed by atoms with van der Waals surface area (Å²) in [7, 11) is 1.62. The molecule has 1 atom stereocenters. The average Bonchev–Trinajstić information content (AvgIpc) is 3.28. The van der Waals surface area contributed by atoms with Gasteiger partial charge in [-0.05, 0) is 64.9 Å². The largest absolute Gasteiger partial charge is 0.494 e. The van der Waals surface area contributed by atoms with Crippen molar-refractivity contribution in [1.82, 2.24) is 20.2 Å². The number of tetrazole rings is 1. The molecule has 1 heterocycles. The molecule has 0 amide bonds. The highest BCUT2D eigenvalue weighted by Crippen LogP contribution is 2.80. The summed E-state index contributed by atoms with van der Waals surface area (Å²) in [5, 5.41) is 21.8. The SMILES string of the molecule is COCCCOc1ccc(C23CC(C(F)(F)[C@](O)(Cn4cnnn4)c4ccc(F)cc4F)(C2)C3)cc1. The Morgan fingerprint density at radius 1 is 1.06 bits per heavy atom. The van der Waals surface area contributed by atoms with Gasteiger partial charge in [-0.3, -0.25) is 0 Å². The van der Waals surface area contributed by atoms with E-state index in [0.29, 0.717) is 25.0 Å². The van der Waals surface area contributed by atoms with E-state index in [9.17, 15) is 13.9 Å². The fraction of sp³-hybridized carbons (Fsp3) is 0.480. The molecule has 1 aromatic heterocycles. The van der Waals surface area contributed by atoms with Crippen LogP contribution in [-0.2, 0) is 22.3 Å². The number of benzene rings is 2. The van der Waals surface area contributed by atoms with Crippen LogP contribution in [0.15, 0.2) is 48.8 Å². The lowest BCUT2D eigenvalue weighted by atomic mass is 9.30. The zero-order valence-electron chi connectivity index (χ0n) is 19.6. The summed E-state index contributed by atoms with van der Waals surface area (Å²) in [6.07, 6.45) is 2.19. The van der Waals surface area contributed by atoms with Crippen molar-refractivity contribution in [2.45, 2.75) is 49.2 Å². The summed E-state index contributed by atoms with van der Waals surface area (Å²) in [5.41, 5.74) is -4.74. The number of ether oxygens (including phenoxy) is 2. The predicted octanol–water partition coefficient (Wildman–Crippen LogP) is 4.01. The van der Waals surface area contributed by atoms with E-state index in [-0.39, 0.29) is 19.3 Å². The van der Waals surface area contributed by atoms with Crippen LogP contribution in [0.5, 0.6) is 5.75 Å². The van der Waals surface area contributed by atoms with Crippen molar-refractivity contribution in [1.29, 1.82) is 0 Å². The first-order valence-electron chi connectivity index (χ1n) is 11.6. The van der Waals surface area contributed by atoms with Crippen LogP contribution in [-0.4, -0.2) is 51.6 Å². The van der Waals surface area contributed by atoms with E-state index >= 15 is 8.78 Å². The Labute approximate surface area is 205 Å². The minimum absolute atomic E-state index is 0.127. The van der Waals surface area contributed by atoms with Crippen LogP contribution in [0.2, 0.25) is 0 Å². The van der Waals surface area contributed by atoms with Gasteiger partial charge >= 0.3 is 0 Å². The van der Waals surface area contributed by atoms with Crippen LogP contribution in [0.4, 0.5) is 17.6 Å². The Kier molecular flexibility index (Phi) is 6.03. The molecule has 0 spiro atoms. The molecule has 36 heavy (non-hydrogen) atoms. The third-order valence-electron chi connectivity index (χ3n) is 7.60. The van der Waals surface area contributed by atoms with Crippen LogP contribution in [0.1, 0.15) is 36.8 Å². The Hall–Kier alpha value is -3.05. The lowest BCUT2D eigenvalue weighted by Crippen LogP contribution is -2.76. The summed E-state index contributed by atoms with van der Waals surface area (Å²) in [4.78, 5) is 0. The van der Waals surface area contributed by atoms with Gasteiger partial charge in [0.1, 0.15) is 23.7 Å². The molecule has 0 unspecified atom stereocenters. The quantitative estimate of drug-likeness (QED) is 0.313. The smallest absolute Gasteiger partial charge is 0.287 e. The number of aromatic nitrogens is 4. The molecule has 0 saturated heterocycles. The van der Waals surface area contributed by atoms with E-state index in [4.69, 9.17) is 9.47 Å². The fourth-order valence-electron chi connectivity index (χ4n) is 5.83. The van der Waals surface area contributed by atoms with Gasteiger partial charge in [-0.25, -0.2) is 22.2 Å². The highest BCUT2D eigenvalue weighted by Gasteiger charge is 2.82. The fourth-order valence-corrected chi connectivity index (χ4v) is 5.83. The standard InChI is InChI=1S/C25H26F4N4O3/c1-35-9-2-10-36-19-6-3-17(4-7-19)22-12-23(13-22,14-22)25(28,29)24(34,15-33-16-30-31-32-33)20-8-5-18(26)11-21(20)27/h3-8,11,16,34H,2,9-10,12-15H2,1H3/t22?,23?,24-/m0/s1. The predicted molar refractivity (Wildman–Crippen MR) is 119 cm³/mol. The number of hydrogen-bond donors (Lipinski definition) is 1. The van der Waals surface area contributed by atoms with Gasteiger partial charge in [-0.15, -0.1) is 5.10 Å². The molecule has 3 aromatic rings. The van der Waals surface area contributed by atoms with Gasteiger partial charge in [0.05, 0.1) is 13.2 Å². The summed E-state index contributed by atoms with van der Waals surface area (Å²) in [5.74, 6) is -5.26. The second kappa shape index (κ2) is 8.81. The molecule has 7 nitrogen and oxygen atoms in total. The monoisotopic (exact) mass is 506 g/mol. The minimum atomic E-state index is -3.75. The topological polar surface area (TPSA) is 82.3 Å². The van der Waals surface area contributed by atoms with Crippen LogP contribution in [0.3, 0.4) is 0 Å². The first kappa shape index (κ1) is 24.6. The third-order valence-corrected chi connectivity index (χ3v) is 7.60. The molecule has 1 N–H and O–H groups in total. The van der Waals surface area contributed by atoms with Crippen molar-refractivity contribution in [3.05, 3.63) is 71.6 Å². The Bertz CT molecular complexity index is 1200. The van der Waals surface area contributed by atoms with E-state index in [1.54, 1.807) is 7.11 Å². The van der Waals surface area contributed by atoms with E-state index in [0.717, 1.165) is 35.1 Å². The van der Waals surface area contributed by atoms with Crippen molar-refractivity contribution in [3.63, 3.8) is 0 Å². The second-order valence-electron chi connectivity index (χ2n) is 9.88. The zero-order chi connectivity index (χ0) is 25.6. The maximum atomic E-state index is 16.2. The first-order chi connectivity index (χ1) is 17.1. The Morgan fingerprint density at radius 2 is 1.78 bits per heavy atom. The van der Waals surface area contributed by atoms with Crippen molar-refractivity contribution < 1.29 is 32.1 Å². The van der Waals surface area contributed by atoms with Gasteiger partial charge in [0.25, 0.3) is 5.92 Å². The van der Waals surface area contributed by atoms with Crippen LogP contribution >= 0.6 is 0 Å². The number of halogens is 4. The van der Waals surface area contributed by atoms with Crippen molar-refractivity contribution >= 4 is 0 Å². The van der Waals surface area contributed by atoms with Gasteiger partial charge in [0.15, 0.2) is 5.60 Å². The molecule has 0 radical (unpaired) electrons. The Morgan fingerprint density at radius 3 is 2.39 bits per heavy atom. The molecule has 192 valence electrons. The summed E-state index contributed by atoms with van der Waals surface area (Å²) >= 11 is 0. The van der Waals surface area contributed by atoms with Crippen molar-refractivity contribution in [3.8, 4) is 5.75 Å². The lowest BCUT2D eigenvalue weighted by Gasteiger charge is -2.74. The number of methoxy groups -OCH3 is 1. The lowest BCUT2D eigenvalue weighted by molar-refractivity contribution is -0.347. The second-order valence-corrected chi connectivity index (χ2v) is 9.88. The molecule has 2 bridgehead atoms. The summed E-state index contributed by atoms with van der Waals surface area (Å²) in [6, 6.07) is 9.57. The number of aliphatic hydroxyl groups is 1. The van der Waals surface area contributed by atoms with Gasteiger partial charge in [0, 0.05) is 37.2 Å². The molecule has 0 aliphatic heterocycles. The minimum Gasteiger partial charge on any atom is -0.494 e. The molecule has 3 fully saturated rings. The average molecular weight is 507 g/mol. The van der Waals surface area contributed by atoms with Gasteiger partial charge in [-0.2, -0.15) is 0 Å². The molecule has 11 heteroatoms. The highest BCUT2D eigenvalue weighted by molar-refractivity contribution is 5.44. The first-order valence-corrected chi connectivity index (χ1v) is 11.6. The summed E-state index contributed by atoms with van der Waals surface area (Å²) in [6.45, 7) is 0.311. The van der Waals surface area contributed by atoms with E-state index in [1.807, 2.05) is 24.3 Å². The number of rotatable bonds is 11. The zero-order valence-corrected chi connectivity index (χ0v) is 19.6. The van der Waals surface area contributed by atoms with Crippen molar-refractivity contribution in [2.24, 2.45) is 5.41 Å². The van der Waals surface area contributed by atoms with Gasteiger partial charge in [-0.1, -0.05) is 12.1 Å². The highest BCUT2D eigenvalue weighted by atomic mass is 19.3. The Balaban J connectivity index is 1.37. The summed E-state index contributed by atoms with van der Waals surface area (Å²) < 4.78 is 72.3. The number of alkyl halides is 2. The van der Waals surface area contributed by atoms with Crippen LogP contribution < -0.4 is 4.74 Å². The van der Waals surface area contributed by atoms with E-state index < -0.39 is 46.1 Å². The van der Waals surface area contributed by atoms with Gasteiger partial charge < -0.3 is 14.6 Å². The van der Waals surface area contributed by atoms with Gasteiger partial charge in [0.2, 0.25) is 0 Å². The normalized spacial score (nSPS) is 24.5. The maximum absolute atomic E-state index is 16.2. The van der Waals surface area contributed by atoms with Crippen LogP contribution in [0, 0.1) is 17.0 Å². The molecular weight excluding hydrogens is 480 g/mol.